The molecule has 2 aromatic rings. The molecule has 0 aromatic carbocycles. The fourth-order valence-corrected chi connectivity index (χ4v) is 4.00. The van der Waals surface area contributed by atoms with Gasteiger partial charge in [-0.25, -0.2) is 4.98 Å². The van der Waals surface area contributed by atoms with Crippen LogP contribution in [0.25, 0.3) is 0 Å². The van der Waals surface area contributed by atoms with Crippen LogP contribution in [-0.2, 0) is 6.54 Å². The number of imidazole rings is 1. The monoisotopic (exact) mass is 346 g/mol. The second-order valence-corrected chi connectivity index (χ2v) is 7.67. The second-order valence-electron chi connectivity index (χ2n) is 6.76. The molecule has 3 rings (SSSR count). The molecule has 0 bridgehead atoms. The molecule has 1 aliphatic heterocycles. The maximum atomic E-state index is 12.5. The topological polar surface area (TPSA) is 41.4 Å². The Morgan fingerprint density at radius 1 is 1.25 bits per heavy atom. The van der Waals surface area contributed by atoms with Gasteiger partial charge in [-0.05, 0) is 23.9 Å². The molecule has 0 spiro atoms. The summed E-state index contributed by atoms with van der Waals surface area (Å²) in [6, 6.07) is 1.99. The number of thiophene rings is 1. The van der Waals surface area contributed by atoms with E-state index in [4.69, 9.17) is 0 Å². The van der Waals surface area contributed by atoms with Gasteiger partial charge in [0, 0.05) is 57.6 Å². The van der Waals surface area contributed by atoms with Crippen LogP contribution in [0.1, 0.15) is 40.8 Å². The van der Waals surface area contributed by atoms with Crippen molar-refractivity contribution in [2.45, 2.75) is 33.2 Å². The number of aromatic nitrogens is 2. The van der Waals surface area contributed by atoms with E-state index < -0.39 is 0 Å². The van der Waals surface area contributed by atoms with Crippen LogP contribution in [0.5, 0.6) is 0 Å². The van der Waals surface area contributed by atoms with Gasteiger partial charge in [0.15, 0.2) is 0 Å². The van der Waals surface area contributed by atoms with E-state index in [0.717, 1.165) is 50.0 Å². The van der Waals surface area contributed by atoms with Gasteiger partial charge in [0.05, 0.1) is 4.88 Å². The molecule has 0 saturated carbocycles. The highest BCUT2D eigenvalue weighted by Gasteiger charge is 2.23. The number of aryl methyl sites for hydroxylation is 1. The SMILES string of the molecule is Cc1csc(C(=O)N2CCN(CCn3ccnc3C(C)C)CC2)c1. The van der Waals surface area contributed by atoms with Crippen molar-refractivity contribution in [1.29, 1.82) is 0 Å². The van der Waals surface area contributed by atoms with Crippen molar-refractivity contribution < 1.29 is 4.79 Å². The Labute approximate surface area is 147 Å². The third-order valence-electron chi connectivity index (χ3n) is 4.52. The summed E-state index contributed by atoms with van der Waals surface area (Å²) in [7, 11) is 0. The Morgan fingerprint density at radius 3 is 2.62 bits per heavy atom. The normalized spacial score (nSPS) is 16.1. The van der Waals surface area contributed by atoms with Crippen LogP contribution in [0, 0.1) is 6.92 Å². The van der Waals surface area contributed by atoms with Gasteiger partial charge in [-0.15, -0.1) is 11.3 Å². The molecule has 0 radical (unpaired) electrons. The molecule has 0 atom stereocenters. The molecule has 0 N–H and O–H groups in total. The van der Waals surface area contributed by atoms with Crippen LogP contribution in [0.3, 0.4) is 0 Å². The third-order valence-corrected chi connectivity index (χ3v) is 5.56. The average molecular weight is 347 g/mol. The van der Waals surface area contributed by atoms with Gasteiger partial charge < -0.3 is 9.47 Å². The Balaban J connectivity index is 1.48. The lowest BCUT2D eigenvalue weighted by Gasteiger charge is -2.34. The molecular weight excluding hydrogens is 320 g/mol. The van der Waals surface area contributed by atoms with E-state index in [1.165, 1.54) is 5.56 Å². The fraction of sp³-hybridized carbons (Fsp3) is 0.556. The average Bonchev–Trinajstić information content (AvgIpc) is 3.21. The molecule has 130 valence electrons. The molecule has 0 unspecified atom stereocenters. The summed E-state index contributed by atoms with van der Waals surface area (Å²) in [5.41, 5.74) is 1.17. The summed E-state index contributed by atoms with van der Waals surface area (Å²) >= 11 is 1.55. The maximum Gasteiger partial charge on any atom is 0.264 e. The number of amides is 1. The van der Waals surface area contributed by atoms with E-state index in [1.54, 1.807) is 11.3 Å². The first-order valence-corrected chi connectivity index (χ1v) is 9.50. The van der Waals surface area contributed by atoms with Gasteiger partial charge in [-0.1, -0.05) is 13.8 Å². The smallest absolute Gasteiger partial charge is 0.264 e. The number of rotatable bonds is 5. The Bertz CT molecular complexity index is 683. The summed E-state index contributed by atoms with van der Waals surface area (Å²) in [4.78, 5) is 22.2. The molecule has 1 aliphatic rings. The number of piperazine rings is 1. The van der Waals surface area contributed by atoms with Crippen LogP contribution in [0.2, 0.25) is 0 Å². The third kappa shape index (κ3) is 3.87. The predicted molar refractivity (Wildman–Crippen MR) is 97.7 cm³/mol. The van der Waals surface area contributed by atoms with Gasteiger partial charge >= 0.3 is 0 Å². The predicted octanol–water partition coefficient (Wildman–Crippen LogP) is 2.83. The van der Waals surface area contributed by atoms with E-state index in [2.05, 4.69) is 34.5 Å². The molecule has 3 heterocycles. The Kier molecular flexibility index (Phi) is 5.36. The van der Waals surface area contributed by atoms with Gasteiger partial charge in [-0.2, -0.15) is 0 Å². The molecular formula is C18H26N4OS. The van der Waals surface area contributed by atoms with Crippen LogP contribution >= 0.6 is 11.3 Å². The number of hydrogen-bond donors (Lipinski definition) is 0. The standard InChI is InChI=1S/C18H26N4OS/c1-14(2)17-19-4-5-21(17)9-6-20-7-10-22(11-8-20)18(23)16-12-15(3)13-24-16/h4-5,12-14H,6-11H2,1-3H3. The summed E-state index contributed by atoms with van der Waals surface area (Å²) in [5.74, 6) is 1.78. The molecule has 1 amide bonds. The number of carbonyl (C=O) groups excluding carboxylic acids is 1. The van der Waals surface area contributed by atoms with Crippen molar-refractivity contribution in [2.24, 2.45) is 0 Å². The highest BCUT2D eigenvalue weighted by atomic mass is 32.1. The minimum Gasteiger partial charge on any atom is -0.335 e. The molecule has 1 fully saturated rings. The quantitative estimate of drug-likeness (QED) is 0.836. The van der Waals surface area contributed by atoms with E-state index in [1.807, 2.05) is 29.5 Å². The molecule has 24 heavy (non-hydrogen) atoms. The van der Waals surface area contributed by atoms with E-state index in [-0.39, 0.29) is 5.91 Å². The largest absolute Gasteiger partial charge is 0.335 e. The highest BCUT2D eigenvalue weighted by Crippen LogP contribution is 2.17. The van der Waals surface area contributed by atoms with E-state index >= 15 is 0 Å². The zero-order chi connectivity index (χ0) is 17.1. The zero-order valence-corrected chi connectivity index (χ0v) is 15.6. The van der Waals surface area contributed by atoms with E-state index in [9.17, 15) is 4.79 Å². The summed E-state index contributed by atoms with van der Waals surface area (Å²) in [5, 5.41) is 2.04. The molecule has 0 aliphatic carbocycles. The van der Waals surface area contributed by atoms with Crippen molar-refractivity contribution in [3.05, 3.63) is 40.1 Å². The van der Waals surface area contributed by atoms with Crippen LogP contribution in [-0.4, -0.2) is 58.0 Å². The van der Waals surface area contributed by atoms with Crippen LogP contribution < -0.4 is 0 Å². The van der Waals surface area contributed by atoms with Gasteiger partial charge in [0.1, 0.15) is 5.82 Å². The minimum absolute atomic E-state index is 0.185. The van der Waals surface area contributed by atoms with Gasteiger partial charge in [0.2, 0.25) is 0 Å². The Morgan fingerprint density at radius 2 is 2.00 bits per heavy atom. The number of nitrogens with zero attached hydrogens (tertiary/aromatic N) is 4. The van der Waals surface area contributed by atoms with E-state index in [0.29, 0.717) is 5.92 Å². The van der Waals surface area contributed by atoms with Crippen LogP contribution in [0.4, 0.5) is 0 Å². The summed E-state index contributed by atoms with van der Waals surface area (Å²) < 4.78 is 2.25. The lowest BCUT2D eigenvalue weighted by atomic mass is 10.2. The summed E-state index contributed by atoms with van der Waals surface area (Å²) in [6.45, 7) is 11.9. The molecule has 1 saturated heterocycles. The maximum absolute atomic E-state index is 12.5. The zero-order valence-electron chi connectivity index (χ0n) is 14.7. The lowest BCUT2D eigenvalue weighted by Crippen LogP contribution is -2.49. The Hall–Kier alpha value is -1.66. The first-order chi connectivity index (χ1) is 11.5. The molecule has 5 nitrogen and oxygen atoms in total. The van der Waals surface area contributed by atoms with Gasteiger partial charge in [-0.3, -0.25) is 9.69 Å². The van der Waals surface area contributed by atoms with Crippen molar-refractivity contribution >= 4 is 17.2 Å². The van der Waals surface area contributed by atoms with Crippen molar-refractivity contribution in [3.63, 3.8) is 0 Å². The molecule has 6 heteroatoms. The highest BCUT2D eigenvalue weighted by molar-refractivity contribution is 7.12. The van der Waals surface area contributed by atoms with Crippen LogP contribution in [0.15, 0.2) is 23.8 Å². The second kappa shape index (κ2) is 7.49. The summed E-state index contributed by atoms with van der Waals surface area (Å²) in [6.07, 6.45) is 3.95. The first-order valence-electron chi connectivity index (χ1n) is 8.62. The van der Waals surface area contributed by atoms with Crippen molar-refractivity contribution in [2.75, 3.05) is 32.7 Å². The van der Waals surface area contributed by atoms with Crippen molar-refractivity contribution in [1.82, 2.24) is 19.4 Å². The van der Waals surface area contributed by atoms with Crippen molar-refractivity contribution in [3.8, 4) is 0 Å². The lowest BCUT2D eigenvalue weighted by molar-refractivity contribution is 0.0637. The first kappa shape index (κ1) is 17.2. The number of hydrogen-bond acceptors (Lipinski definition) is 4. The fourth-order valence-electron chi connectivity index (χ4n) is 3.13. The number of carbonyl (C=O) groups is 1. The minimum atomic E-state index is 0.185. The van der Waals surface area contributed by atoms with Gasteiger partial charge in [0.25, 0.3) is 5.91 Å². The molecule has 2 aromatic heterocycles.